The highest BCUT2D eigenvalue weighted by Crippen LogP contribution is 2.26. The number of aromatic nitrogens is 2. The van der Waals surface area contributed by atoms with Crippen molar-refractivity contribution in [3.63, 3.8) is 0 Å². The number of ether oxygens (including phenoxy) is 2. The van der Waals surface area contributed by atoms with Gasteiger partial charge in [0.1, 0.15) is 0 Å². The molecule has 0 saturated carbocycles. The number of rotatable bonds is 5. The van der Waals surface area contributed by atoms with Crippen molar-refractivity contribution in [1.82, 2.24) is 9.78 Å². The molecule has 2 heterocycles. The fourth-order valence-corrected chi connectivity index (χ4v) is 3.37. The second-order valence-corrected chi connectivity index (χ2v) is 6.97. The van der Waals surface area contributed by atoms with Crippen molar-refractivity contribution in [3.05, 3.63) is 56.8 Å². The van der Waals surface area contributed by atoms with Crippen molar-refractivity contribution in [1.29, 1.82) is 0 Å². The van der Waals surface area contributed by atoms with Crippen LogP contribution in [-0.4, -0.2) is 34.4 Å². The van der Waals surface area contributed by atoms with Crippen molar-refractivity contribution < 1.29 is 19.1 Å². The zero-order valence-electron chi connectivity index (χ0n) is 14.9. The van der Waals surface area contributed by atoms with E-state index in [1.165, 1.54) is 6.08 Å². The Kier molecular flexibility index (Phi) is 5.87. The molecule has 8 heteroatoms. The molecule has 1 aliphatic heterocycles. The molecule has 0 unspecified atom stereocenters. The summed E-state index contributed by atoms with van der Waals surface area (Å²) in [6, 6.07) is 5.34. The molecule has 3 rings (SSSR count). The molecule has 0 radical (unpaired) electrons. The maximum absolute atomic E-state index is 11.9. The van der Waals surface area contributed by atoms with Crippen LogP contribution in [0.3, 0.4) is 0 Å². The van der Waals surface area contributed by atoms with Crippen LogP contribution in [0.4, 0.5) is 0 Å². The number of hydrogen-bond donors (Lipinski definition) is 0. The predicted molar refractivity (Wildman–Crippen MR) is 102 cm³/mol. The van der Waals surface area contributed by atoms with Gasteiger partial charge < -0.3 is 9.47 Å². The zero-order chi connectivity index (χ0) is 19.6. The van der Waals surface area contributed by atoms with Crippen LogP contribution in [-0.2, 0) is 25.6 Å². The van der Waals surface area contributed by atoms with E-state index < -0.39 is 18.0 Å². The van der Waals surface area contributed by atoms with Gasteiger partial charge in [-0.3, -0.25) is 4.68 Å². The van der Waals surface area contributed by atoms with Gasteiger partial charge in [-0.05, 0) is 32.1 Å². The van der Waals surface area contributed by atoms with Gasteiger partial charge in [-0.1, -0.05) is 29.3 Å². The average molecular weight is 409 g/mol. The molecule has 142 valence electrons. The third-order valence-electron chi connectivity index (χ3n) is 4.34. The Labute approximate surface area is 166 Å². The Bertz CT molecular complexity index is 900. The first-order chi connectivity index (χ1) is 12.9. The first-order valence-electron chi connectivity index (χ1n) is 8.39. The Morgan fingerprint density at radius 3 is 2.70 bits per heavy atom. The van der Waals surface area contributed by atoms with Crippen LogP contribution in [0.2, 0.25) is 10.0 Å². The Morgan fingerprint density at radius 2 is 2.07 bits per heavy atom. The first-order valence-corrected chi connectivity index (χ1v) is 9.14. The van der Waals surface area contributed by atoms with E-state index >= 15 is 0 Å². The minimum absolute atomic E-state index is 0.274. The van der Waals surface area contributed by atoms with E-state index in [4.69, 9.17) is 32.7 Å². The lowest BCUT2D eigenvalue weighted by Crippen LogP contribution is -2.21. The van der Waals surface area contributed by atoms with E-state index in [-0.39, 0.29) is 6.61 Å². The summed E-state index contributed by atoms with van der Waals surface area (Å²) in [6.07, 6.45) is 2.47. The summed E-state index contributed by atoms with van der Waals surface area (Å²) in [4.78, 5) is 23.3. The van der Waals surface area contributed by atoms with E-state index in [1.54, 1.807) is 29.0 Å². The largest absolute Gasteiger partial charge is 0.463 e. The summed E-state index contributed by atoms with van der Waals surface area (Å²) in [5.41, 5.74) is 3.18. The topological polar surface area (TPSA) is 70.4 Å². The minimum Gasteiger partial charge on any atom is -0.463 e. The van der Waals surface area contributed by atoms with Crippen molar-refractivity contribution in [2.75, 3.05) is 6.61 Å². The molecule has 2 aromatic rings. The fraction of sp³-hybridized carbons (Fsp3) is 0.316. The number of hydrogen-bond acceptors (Lipinski definition) is 5. The van der Waals surface area contributed by atoms with Gasteiger partial charge in [-0.2, -0.15) is 5.10 Å². The second kappa shape index (κ2) is 8.15. The molecule has 1 aromatic heterocycles. The van der Waals surface area contributed by atoms with Crippen LogP contribution in [0, 0.1) is 13.8 Å². The minimum atomic E-state index is -0.825. The summed E-state index contributed by atoms with van der Waals surface area (Å²) in [5, 5.41) is 5.64. The van der Waals surface area contributed by atoms with E-state index in [0.29, 0.717) is 23.0 Å². The second-order valence-electron chi connectivity index (χ2n) is 6.16. The average Bonchev–Trinajstić information content (AvgIpc) is 3.13. The molecular formula is C19H18Cl2N2O4. The number of carbonyl (C=O) groups is 2. The van der Waals surface area contributed by atoms with Gasteiger partial charge >= 0.3 is 11.9 Å². The predicted octanol–water partition coefficient (Wildman–Crippen LogP) is 3.73. The van der Waals surface area contributed by atoms with E-state index in [2.05, 4.69) is 5.10 Å². The number of esters is 2. The van der Waals surface area contributed by atoms with Gasteiger partial charge in [0.2, 0.25) is 6.10 Å². The molecule has 0 spiro atoms. The maximum atomic E-state index is 11.9. The van der Waals surface area contributed by atoms with Gasteiger partial charge in [0.25, 0.3) is 0 Å². The van der Waals surface area contributed by atoms with Gasteiger partial charge in [0.15, 0.2) is 0 Å². The highest BCUT2D eigenvalue weighted by molar-refractivity contribution is 6.35. The Balaban J connectivity index is 1.75. The zero-order valence-corrected chi connectivity index (χ0v) is 16.4. The van der Waals surface area contributed by atoms with Crippen molar-refractivity contribution >= 4 is 41.2 Å². The normalized spacial score (nSPS) is 16.7. The number of carbonyl (C=O) groups excluding carboxylic acids is 2. The maximum Gasteiger partial charge on any atom is 0.347 e. The third-order valence-corrected chi connectivity index (χ3v) is 5.05. The van der Waals surface area contributed by atoms with Crippen LogP contribution in [0.15, 0.2) is 24.3 Å². The Hall–Kier alpha value is -2.31. The molecule has 0 N–H and O–H groups in total. The number of aryl methyl sites for hydroxylation is 1. The number of nitrogens with zero attached hydrogens (tertiary/aromatic N) is 2. The molecule has 0 aliphatic carbocycles. The summed E-state index contributed by atoms with van der Waals surface area (Å²) >= 11 is 12.5. The van der Waals surface area contributed by atoms with E-state index in [1.807, 2.05) is 13.8 Å². The third kappa shape index (κ3) is 4.34. The summed E-state index contributed by atoms with van der Waals surface area (Å²) in [5.74, 6) is -1.10. The van der Waals surface area contributed by atoms with Crippen molar-refractivity contribution in [2.45, 2.75) is 32.9 Å². The fourth-order valence-electron chi connectivity index (χ4n) is 2.85. The highest BCUT2D eigenvalue weighted by Gasteiger charge is 2.29. The molecule has 0 bridgehead atoms. The summed E-state index contributed by atoms with van der Waals surface area (Å²) in [6.45, 7) is 4.43. The lowest BCUT2D eigenvalue weighted by molar-refractivity contribution is -0.156. The number of benzene rings is 1. The molecule has 1 saturated heterocycles. The van der Waals surface area contributed by atoms with E-state index in [0.717, 1.165) is 22.5 Å². The summed E-state index contributed by atoms with van der Waals surface area (Å²) < 4.78 is 11.6. The van der Waals surface area contributed by atoms with Crippen LogP contribution in [0.25, 0.3) is 6.08 Å². The molecule has 1 atom stereocenters. The van der Waals surface area contributed by atoms with Gasteiger partial charge in [0.05, 0.1) is 18.8 Å². The quantitative estimate of drug-likeness (QED) is 0.556. The number of cyclic esters (lactones) is 1. The monoisotopic (exact) mass is 408 g/mol. The summed E-state index contributed by atoms with van der Waals surface area (Å²) in [7, 11) is 0. The van der Waals surface area contributed by atoms with Crippen LogP contribution in [0.5, 0.6) is 0 Å². The molecule has 27 heavy (non-hydrogen) atoms. The standard InChI is InChI=1S/C19H18Cl2N2O4/c1-11-13(6-7-18(24)27-17-8-9-26-19(17)25)12(2)23(22-11)10-14-15(20)4-3-5-16(14)21/h3-7,17H,8-10H2,1-2H3/b7-6+/t17-/m1/s1. The SMILES string of the molecule is Cc1nn(Cc2c(Cl)cccc2Cl)c(C)c1/C=C/C(=O)O[C@@H]1CCOC1=O. The molecule has 1 fully saturated rings. The highest BCUT2D eigenvalue weighted by atomic mass is 35.5. The van der Waals surface area contributed by atoms with Crippen LogP contribution >= 0.6 is 23.2 Å². The van der Waals surface area contributed by atoms with E-state index in [9.17, 15) is 9.59 Å². The van der Waals surface area contributed by atoms with Gasteiger partial charge in [-0.15, -0.1) is 0 Å². The smallest absolute Gasteiger partial charge is 0.347 e. The van der Waals surface area contributed by atoms with Gasteiger partial charge in [0, 0.05) is 39.4 Å². The van der Waals surface area contributed by atoms with Crippen LogP contribution < -0.4 is 0 Å². The van der Waals surface area contributed by atoms with Crippen molar-refractivity contribution in [2.24, 2.45) is 0 Å². The molecule has 1 aliphatic rings. The lowest BCUT2D eigenvalue weighted by atomic mass is 10.1. The first kappa shape index (κ1) is 19.5. The lowest BCUT2D eigenvalue weighted by Gasteiger charge is -2.09. The van der Waals surface area contributed by atoms with Crippen molar-refractivity contribution in [3.8, 4) is 0 Å². The Morgan fingerprint density at radius 1 is 1.37 bits per heavy atom. The number of halogens is 2. The molecule has 1 aromatic carbocycles. The molecule has 6 nitrogen and oxygen atoms in total. The van der Waals surface area contributed by atoms with Gasteiger partial charge in [-0.25, -0.2) is 9.59 Å². The molecular weight excluding hydrogens is 391 g/mol. The van der Waals surface area contributed by atoms with Crippen LogP contribution in [0.1, 0.15) is 28.9 Å². The molecule has 0 amide bonds.